The predicted octanol–water partition coefficient (Wildman–Crippen LogP) is 4.24. The van der Waals surface area contributed by atoms with Gasteiger partial charge in [0.05, 0.1) is 18.2 Å². The Morgan fingerprint density at radius 3 is 1.86 bits per heavy atom. The van der Waals surface area contributed by atoms with Crippen LogP contribution in [0, 0.1) is 0 Å². The molecule has 0 radical (unpaired) electrons. The van der Waals surface area contributed by atoms with Gasteiger partial charge in [0.2, 0.25) is 0 Å². The number of hydrogen-bond acceptors (Lipinski definition) is 3. The Morgan fingerprint density at radius 1 is 0.952 bits per heavy atom. The lowest BCUT2D eigenvalue weighted by Crippen LogP contribution is -2.04. The minimum absolute atomic E-state index is 0.399. The van der Waals surface area contributed by atoms with Gasteiger partial charge in [0.25, 0.3) is 0 Å². The summed E-state index contributed by atoms with van der Waals surface area (Å²) in [4.78, 5) is 11.3. The number of benzene rings is 2. The lowest BCUT2D eigenvalue weighted by atomic mass is 10.2. The summed E-state index contributed by atoms with van der Waals surface area (Å²) in [6.07, 6.45) is -4.35. The first-order valence-corrected chi connectivity index (χ1v) is 6.03. The van der Waals surface area contributed by atoms with E-state index in [1.807, 2.05) is 0 Å². The maximum atomic E-state index is 12.4. The van der Waals surface area contributed by atoms with E-state index in [1.165, 1.54) is 19.2 Å². The molecule has 0 bridgehead atoms. The van der Waals surface area contributed by atoms with Crippen molar-refractivity contribution < 1.29 is 22.7 Å². The fourth-order valence-corrected chi connectivity index (χ4v) is 1.72. The molecule has 21 heavy (non-hydrogen) atoms. The largest absolute Gasteiger partial charge is 0.465 e. The molecular weight excluding hydrogens is 283 g/mol. The average Bonchev–Trinajstić information content (AvgIpc) is 2.47. The molecule has 0 saturated heterocycles. The second-order valence-electron chi connectivity index (χ2n) is 4.27. The third-order valence-corrected chi connectivity index (χ3v) is 2.81. The third kappa shape index (κ3) is 3.75. The number of carbonyl (C=O) groups is 1. The summed E-state index contributed by atoms with van der Waals surface area (Å²) in [6, 6.07) is 11.1. The Balaban J connectivity index is 2.10. The summed E-state index contributed by atoms with van der Waals surface area (Å²) in [6.45, 7) is 0. The van der Waals surface area contributed by atoms with Crippen molar-refractivity contribution >= 4 is 17.3 Å². The van der Waals surface area contributed by atoms with Crippen molar-refractivity contribution in [3.63, 3.8) is 0 Å². The highest BCUT2D eigenvalue weighted by atomic mass is 19.4. The van der Waals surface area contributed by atoms with E-state index in [2.05, 4.69) is 10.1 Å². The summed E-state index contributed by atoms with van der Waals surface area (Å²) < 4.78 is 41.9. The number of ether oxygens (including phenoxy) is 1. The lowest BCUT2D eigenvalue weighted by Gasteiger charge is -2.10. The number of rotatable bonds is 3. The van der Waals surface area contributed by atoms with Gasteiger partial charge in [-0.05, 0) is 48.5 Å². The van der Waals surface area contributed by atoms with Crippen molar-refractivity contribution in [3.05, 3.63) is 59.7 Å². The van der Waals surface area contributed by atoms with E-state index in [4.69, 9.17) is 0 Å². The highest BCUT2D eigenvalue weighted by Crippen LogP contribution is 2.30. The number of carbonyl (C=O) groups excluding carboxylic acids is 1. The zero-order valence-electron chi connectivity index (χ0n) is 11.1. The van der Waals surface area contributed by atoms with Crippen molar-refractivity contribution in [3.8, 4) is 0 Å². The van der Waals surface area contributed by atoms with Crippen molar-refractivity contribution in [2.75, 3.05) is 12.4 Å². The van der Waals surface area contributed by atoms with Gasteiger partial charge in [-0.1, -0.05) is 0 Å². The molecule has 2 aromatic rings. The molecule has 2 aromatic carbocycles. The molecule has 0 aromatic heterocycles. The molecule has 0 fully saturated rings. The smallest absolute Gasteiger partial charge is 0.416 e. The fourth-order valence-electron chi connectivity index (χ4n) is 1.72. The van der Waals surface area contributed by atoms with E-state index in [1.54, 1.807) is 24.3 Å². The number of anilines is 2. The Bertz CT molecular complexity index is 619. The molecule has 0 aliphatic carbocycles. The van der Waals surface area contributed by atoms with Crippen LogP contribution in [0.15, 0.2) is 48.5 Å². The molecule has 0 atom stereocenters. The number of nitrogens with one attached hydrogen (secondary N) is 1. The summed E-state index contributed by atoms with van der Waals surface area (Å²) in [5.74, 6) is -0.448. The van der Waals surface area contributed by atoms with Crippen LogP contribution in [-0.4, -0.2) is 13.1 Å². The minimum atomic E-state index is -4.35. The molecule has 3 nitrogen and oxygen atoms in total. The lowest BCUT2D eigenvalue weighted by molar-refractivity contribution is -0.137. The minimum Gasteiger partial charge on any atom is -0.465 e. The van der Waals surface area contributed by atoms with Crippen LogP contribution in [0.2, 0.25) is 0 Å². The van der Waals surface area contributed by atoms with E-state index in [0.717, 1.165) is 12.1 Å². The normalized spacial score (nSPS) is 11.0. The quantitative estimate of drug-likeness (QED) is 0.861. The van der Waals surface area contributed by atoms with Crippen molar-refractivity contribution in [2.45, 2.75) is 6.18 Å². The number of hydrogen-bond donors (Lipinski definition) is 1. The Hall–Kier alpha value is -2.50. The Morgan fingerprint density at radius 2 is 1.43 bits per heavy atom. The van der Waals surface area contributed by atoms with Crippen LogP contribution >= 0.6 is 0 Å². The number of esters is 1. The van der Waals surface area contributed by atoms with Gasteiger partial charge in [0, 0.05) is 11.4 Å². The number of halogens is 3. The Labute approximate surface area is 119 Å². The van der Waals surface area contributed by atoms with Crippen LogP contribution in [-0.2, 0) is 10.9 Å². The average molecular weight is 295 g/mol. The second kappa shape index (κ2) is 5.87. The third-order valence-electron chi connectivity index (χ3n) is 2.81. The molecule has 0 spiro atoms. The highest BCUT2D eigenvalue weighted by molar-refractivity contribution is 5.89. The van der Waals surface area contributed by atoms with Crippen LogP contribution < -0.4 is 5.32 Å². The first-order valence-electron chi connectivity index (χ1n) is 6.03. The zero-order valence-corrected chi connectivity index (χ0v) is 11.1. The molecule has 2 rings (SSSR count). The summed E-state index contributed by atoms with van der Waals surface area (Å²) >= 11 is 0. The molecule has 0 unspecified atom stereocenters. The SMILES string of the molecule is COC(=O)c1ccc(Nc2ccc(C(F)(F)F)cc2)cc1. The van der Waals surface area contributed by atoms with Crippen LogP contribution in [0.1, 0.15) is 15.9 Å². The van der Waals surface area contributed by atoms with E-state index in [-0.39, 0.29) is 0 Å². The van der Waals surface area contributed by atoms with Gasteiger partial charge in [0.15, 0.2) is 0 Å². The molecule has 0 saturated carbocycles. The van der Waals surface area contributed by atoms with Crippen molar-refractivity contribution in [1.29, 1.82) is 0 Å². The van der Waals surface area contributed by atoms with Crippen molar-refractivity contribution in [2.24, 2.45) is 0 Å². The maximum Gasteiger partial charge on any atom is 0.416 e. The van der Waals surface area contributed by atoms with Gasteiger partial charge in [-0.15, -0.1) is 0 Å². The van der Waals surface area contributed by atoms with Gasteiger partial charge in [-0.25, -0.2) is 4.79 Å². The van der Waals surface area contributed by atoms with Crippen LogP contribution in [0.5, 0.6) is 0 Å². The van der Waals surface area contributed by atoms with Gasteiger partial charge in [0.1, 0.15) is 0 Å². The predicted molar refractivity (Wildman–Crippen MR) is 72.5 cm³/mol. The molecule has 6 heteroatoms. The van der Waals surface area contributed by atoms with Crippen LogP contribution in [0.3, 0.4) is 0 Å². The monoisotopic (exact) mass is 295 g/mol. The molecule has 110 valence electrons. The molecule has 0 aliphatic heterocycles. The van der Waals surface area contributed by atoms with E-state index < -0.39 is 17.7 Å². The molecule has 0 aliphatic rings. The van der Waals surface area contributed by atoms with Gasteiger partial charge in [-0.2, -0.15) is 13.2 Å². The van der Waals surface area contributed by atoms with Crippen LogP contribution in [0.25, 0.3) is 0 Å². The zero-order chi connectivity index (χ0) is 15.5. The molecule has 0 heterocycles. The summed E-state index contributed by atoms with van der Waals surface area (Å²) in [7, 11) is 1.29. The highest BCUT2D eigenvalue weighted by Gasteiger charge is 2.29. The maximum absolute atomic E-state index is 12.4. The van der Waals surface area contributed by atoms with E-state index >= 15 is 0 Å². The summed E-state index contributed by atoms with van der Waals surface area (Å²) in [5, 5.41) is 2.95. The molecule has 0 amide bonds. The standard InChI is InChI=1S/C15H12F3NO2/c1-21-14(20)10-2-6-12(7-3-10)19-13-8-4-11(5-9-13)15(16,17)18/h2-9,19H,1H3. The topological polar surface area (TPSA) is 38.3 Å². The van der Waals surface area contributed by atoms with E-state index in [0.29, 0.717) is 16.9 Å². The van der Waals surface area contributed by atoms with Gasteiger partial charge < -0.3 is 10.1 Å². The van der Waals surface area contributed by atoms with Crippen molar-refractivity contribution in [1.82, 2.24) is 0 Å². The fraction of sp³-hybridized carbons (Fsp3) is 0.133. The second-order valence-corrected chi connectivity index (χ2v) is 4.27. The number of alkyl halides is 3. The first kappa shape index (κ1) is 14.9. The van der Waals surface area contributed by atoms with Gasteiger partial charge >= 0.3 is 12.1 Å². The Kier molecular flexibility index (Phi) is 4.16. The summed E-state index contributed by atoms with van der Waals surface area (Å²) in [5.41, 5.74) is 0.876. The van der Waals surface area contributed by atoms with E-state index in [9.17, 15) is 18.0 Å². The molecule has 1 N–H and O–H groups in total. The van der Waals surface area contributed by atoms with Gasteiger partial charge in [-0.3, -0.25) is 0 Å². The first-order chi connectivity index (χ1) is 9.90. The van der Waals surface area contributed by atoms with Crippen LogP contribution in [0.4, 0.5) is 24.5 Å². The molecular formula is C15H12F3NO2. The number of methoxy groups -OCH3 is 1.